The van der Waals surface area contributed by atoms with Crippen LogP contribution in [-0.2, 0) is 0 Å². The van der Waals surface area contributed by atoms with E-state index in [0.29, 0.717) is 0 Å². The van der Waals surface area contributed by atoms with Gasteiger partial charge in [0.1, 0.15) is 0 Å². The molecular weight excluding hydrogens is 210 g/mol. The molecule has 0 aromatic rings. The molecule has 0 amide bonds. The van der Waals surface area contributed by atoms with Gasteiger partial charge in [0.2, 0.25) is 0 Å². The van der Waals surface area contributed by atoms with Crippen molar-refractivity contribution in [2.45, 2.75) is 50.6 Å². The van der Waals surface area contributed by atoms with Gasteiger partial charge >= 0.3 is 0 Å². The van der Waals surface area contributed by atoms with Gasteiger partial charge < -0.3 is 15.5 Å². The number of hydrogen-bond donors (Lipinski definition) is 2. The highest BCUT2D eigenvalue weighted by Gasteiger charge is 2.31. The lowest BCUT2D eigenvalue weighted by Gasteiger charge is -2.33. The zero-order chi connectivity index (χ0) is 11.5. The molecule has 3 rings (SSSR count). The quantitative estimate of drug-likeness (QED) is 0.769. The van der Waals surface area contributed by atoms with Crippen molar-refractivity contribution >= 4 is 0 Å². The monoisotopic (exact) mass is 237 g/mol. The molecule has 2 aliphatic heterocycles. The number of nitrogens with zero attached hydrogens (tertiary/aromatic N) is 1. The average Bonchev–Trinajstić information content (AvgIpc) is 3.23. The van der Waals surface area contributed by atoms with Crippen LogP contribution in [0.25, 0.3) is 0 Å². The summed E-state index contributed by atoms with van der Waals surface area (Å²) in [7, 11) is 0. The van der Waals surface area contributed by atoms with E-state index >= 15 is 0 Å². The molecular formula is C14H27N3. The highest BCUT2D eigenvalue weighted by atomic mass is 15.2. The van der Waals surface area contributed by atoms with Gasteiger partial charge in [0.05, 0.1) is 0 Å². The van der Waals surface area contributed by atoms with Crippen LogP contribution < -0.4 is 10.6 Å². The van der Waals surface area contributed by atoms with Crippen LogP contribution in [0.2, 0.25) is 0 Å². The average molecular weight is 237 g/mol. The van der Waals surface area contributed by atoms with Crippen molar-refractivity contribution in [3.05, 3.63) is 0 Å². The van der Waals surface area contributed by atoms with Gasteiger partial charge in [0.25, 0.3) is 0 Å². The first kappa shape index (κ1) is 11.9. The topological polar surface area (TPSA) is 27.3 Å². The maximum Gasteiger partial charge on any atom is 0.00964 e. The summed E-state index contributed by atoms with van der Waals surface area (Å²) >= 11 is 0. The van der Waals surface area contributed by atoms with Crippen molar-refractivity contribution in [2.75, 3.05) is 32.7 Å². The molecule has 2 N–H and O–H groups in total. The summed E-state index contributed by atoms with van der Waals surface area (Å²) in [6, 6.07) is 1.77. The molecule has 3 nitrogen and oxygen atoms in total. The van der Waals surface area contributed by atoms with Crippen molar-refractivity contribution in [1.82, 2.24) is 15.5 Å². The molecule has 0 aromatic heterocycles. The van der Waals surface area contributed by atoms with Gasteiger partial charge in [-0.15, -0.1) is 0 Å². The van der Waals surface area contributed by atoms with E-state index in [2.05, 4.69) is 15.5 Å². The van der Waals surface area contributed by atoms with Crippen molar-refractivity contribution in [2.24, 2.45) is 5.92 Å². The molecule has 0 spiro atoms. The summed E-state index contributed by atoms with van der Waals surface area (Å²) in [5.41, 5.74) is 0. The van der Waals surface area contributed by atoms with Crippen LogP contribution in [0.5, 0.6) is 0 Å². The molecule has 3 heteroatoms. The van der Waals surface area contributed by atoms with E-state index in [1.165, 1.54) is 71.2 Å². The van der Waals surface area contributed by atoms with E-state index in [0.717, 1.165) is 18.0 Å². The van der Waals surface area contributed by atoms with E-state index in [1.54, 1.807) is 0 Å². The van der Waals surface area contributed by atoms with Crippen LogP contribution in [0, 0.1) is 5.92 Å². The smallest absolute Gasteiger partial charge is 0.00964 e. The van der Waals surface area contributed by atoms with Crippen molar-refractivity contribution in [3.63, 3.8) is 0 Å². The third-order valence-corrected chi connectivity index (χ3v) is 4.69. The van der Waals surface area contributed by atoms with Crippen LogP contribution in [-0.4, -0.2) is 49.7 Å². The van der Waals surface area contributed by atoms with Gasteiger partial charge in [0, 0.05) is 12.1 Å². The Morgan fingerprint density at radius 2 is 1.88 bits per heavy atom. The second-order valence-corrected chi connectivity index (χ2v) is 6.16. The number of rotatable bonds is 4. The molecule has 1 aliphatic carbocycles. The Hall–Kier alpha value is -0.120. The van der Waals surface area contributed by atoms with E-state index in [9.17, 15) is 0 Å². The number of nitrogens with one attached hydrogen (secondary N) is 2. The van der Waals surface area contributed by atoms with E-state index in [1.807, 2.05) is 0 Å². The highest BCUT2D eigenvalue weighted by molar-refractivity contribution is 4.89. The Morgan fingerprint density at radius 1 is 1.06 bits per heavy atom. The van der Waals surface area contributed by atoms with Gasteiger partial charge in [-0.05, 0) is 77.2 Å². The molecule has 3 fully saturated rings. The Bertz CT molecular complexity index is 226. The predicted molar refractivity (Wildman–Crippen MR) is 71.2 cm³/mol. The summed E-state index contributed by atoms with van der Waals surface area (Å²) in [4.78, 5) is 2.71. The third kappa shape index (κ3) is 3.43. The van der Waals surface area contributed by atoms with Gasteiger partial charge in [-0.3, -0.25) is 0 Å². The van der Waals surface area contributed by atoms with Crippen molar-refractivity contribution in [1.29, 1.82) is 0 Å². The summed E-state index contributed by atoms with van der Waals surface area (Å²) in [5.74, 6) is 0.880. The fourth-order valence-corrected chi connectivity index (χ4v) is 3.34. The fourth-order valence-electron chi connectivity index (χ4n) is 3.34. The Kier molecular flexibility index (Phi) is 3.99. The van der Waals surface area contributed by atoms with Crippen LogP contribution in [0.3, 0.4) is 0 Å². The molecule has 1 unspecified atom stereocenters. The lowest BCUT2D eigenvalue weighted by Crippen LogP contribution is -2.46. The maximum absolute atomic E-state index is 3.80. The zero-order valence-corrected chi connectivity index (χ0v) is 11.0. The van der Waals surface area contributed by atoms with Gasteiger partial charge in [-0.1, -0.05) is 0 Å². The van der Waals surface area contributed by atoms with Crippen LogP contribution in [0.4, 0.5) is 0 Å². The lowest BCUT2D eigenvalue weighted by molar-refractivity contribution is 0.185. The summed E-state index contributed by atoms with van der Waals surface area (Å²) in [5, 5.41) is 7.31. The third-order valence-electron chi connectivity index (χ3n) is 4.69. The molecule has 2 heterocycles. The summed E-state index contributed by atoms with van der Waals surface area (Å²) in [6.45, 7) is 6.38. The Morgan fingerprint density at radius 3 is 2.53 bits per heavy atom. The molecule has 1 atom stereocenters. The van der Waals surface area contributed by atoms with Crippen LogP contribution in [0.1, 0.15) is 38.5 Å². The number of piperidine rings is 2. The summed E-state index contributed by atoms with van der Waals surface area (Å²) < 4.78 is 0. The van der Waals surface area contributed by atoms with Gasteiger partial charge in [-0.25, -0.2) is 0 Å². The second-order valence-electron chi connectivity index (χ2n) is 6.16. The molecule has 1 saturated carbocycles. The highest BCUT2D eigenvalue weighted by Crippen LogP contribution is 2.29. The number of likely N-dealkylation sites (tertiary alicyclic amines) is 1. The van der Waals surface area contributed by atoms with Gasteiger partial charge in [0.15, 0.2) is 0 Å². The minimum absolute atomic E-state index is 0.798. The standard InChI is InChI=1S/C14H27N3/c1-2-12(10-15-7-1)11-16-13-5-8-17(9-6-13)14-3-4-14/h12-16H,1-11H2. The maximum atomic E-state index is 3.80. The van der Waals surface area contributed by atoms with E-state index < -0.39 is 0 Å². The molecule has 17 heavy (non-hydrogen) atoms. The molecule has 0 aromatic carbocycles. The van der Waals surface area contributed by atoms with Crippen molar-refractivity contribution < 1.29 is 0 Å². The molecule has 0 radical (unpaired) electrons. The Labute approximate surface area is 105 Å². The van der Waals surface area contributed by atoms with Crippen molar-refractivity contribution in [3.8, 4) is 0 Å². The minimum Gasteiger partial charge on any atom is -0.316 e. The molecule has 98 valence electrons. The molecule has 3 aliphatic rings. The first-order valence-corrected chi connectivity index (χ1v) is 7.60. The fraction of sp³-hybridized carbons (Fsp3) is 1.00. The minimum atomic E-state index is 0.798. The summed E-state index contributed by atoms with van der Waals surface area (Å²) in [6.07, 6.45) is 8.46. The molecule has 0 bridgehead atoms. The zero-order valence-electron chi connectivity index (χ0n) is 11.0. The molecule has 2 saturated heterocycles. The van der Waals surface area contributed by atoms with Crippen LogP contribution >= 0.6 is 0 Å². The van der Waals surface area contributed by atoms with E-state index in [-0.39, 0.29) is 0 Å². The first-order chi connectivity index (χ1) is 8.42. The van der Waals surface area contributed by atoms with Gasteiger partial charge in [-0.2, -0.15) is 0 Å². The second kappa shape index (κ2) is 5.68. The largest absolute Gasteiger partial charge is 0.316 e. The number of hydrogen-bond acceptors (Lipinski definition) is 3. The SMILES string of the molecule is C1CNCC(CNC2CCN(C3CC3)CC2)C1. The normalized spacial score (nSPS) is 32.8. The first-order valence-electron chi connectivity index (χ1n) is 7.60. The van der Waals surface area contributed by atoms with E-state index in [4.69, 9.17) is 0 Å². The van der Waals surface area contributed by atoms with Crippen LogP contribution in [0.15, 0.2) is 0 Å². The predicted octanol–water partition coefficient (Wildman–Crippen LogP) is 1.20. The lowest BCUT2D eigenvalue weighted by atomic mass is 9.98. The Balaban J connectivity index is 1.32.